The van der Waals surface area contributed by atoms with Crippen LogP contribution in [0, 0.1) is 6.92 Å². The first-order valence-electron chi connectivity index (χ1n) is 5.24. The molecular weight excluding hydrogens is 218 g/mol. The van der Waals surface area contributed by atoms with Gasteiger partial charge < -0.3 is 4.74 Å². The lowest BCUT2D eigenvalue weighted by atomic mass is 10.2. The first-order chi connectivity index (χ1) is 8.20. The molecule has 1 aromatic heterocycles. The van der Waals surface area contributed by atoms with Crippen molar-refractivity contribution in [3.8, 4) is 5.75 Å². The SMILES string of the molecule is Cc1ccc(OCc2c(C=O)nnn2C)cc1. The third-order valence-corrected chi connectivity index (χ3v) is 2.48. The quantitative estimate of drug-likeness (QED) is 0.748. The number of hydrogen-bond donors (Lipinski definition) is 0. The minimum Gasteiger partial charge on any atom is -0.487 e. The third kappa shape index (κ3) is 2.50. The number of aryl methyl sites for hydroxylation is 2. The molecule has 0 aliphatic rings. The maximum absolute atomic E-state index is 10.7. The van der Waals surface area contributed by atoms with Crippen LogP contribution in [-0.2, 0) is 13.7 Å². The van der Waals surface area contributed by atoms with E-state index in [1.807, 2.05) is 31.2 Å². The topological polar surface area (TPSA) is 57.0 Å². The van der Waals surface area contributed by atoms with Crippen molar-refractivity contribution in [2.24, 2.45) is 7.05 Å². The second-order valence-electron chi connectivity index (χ2n) is 3.76. The number of aromatic nitrogens is 3. The van der Waals surface area contributed by atoms with Crippen molar-refractivity contribution in [2.75, 3.05) is 0 Å². The van der Waals surface area contributed by atoms with Crippen molar-refractivity contribution in [3.05, 3.63) is 41.2 Å². The normalized spacial score (nSPS) is 10.2. The van der Waals surface area contributed by atoms with Crippen LogP contribution in [0.25, 0.3) is 0 Å². The van der Waals surface area contributed by atoms with Crippen molar-refractivity contribution in [1.82, 2.24) is 15.0 Å². The zero-order chi connectivity index (χ0) is 12.3. The van der Waals surface area contributed by atoms with Crippen molar-refractivity contribution < 1.29 is 9.53 Å². The van der Waals surface area contributed by atoms with Gasteiger partial charge in [0.05, 0.1) is 0 Å². The number of aldehydes is 1. The molecule has 0 saturated carbocycles. The van der Waals surface area contributed by atoms with E-state index in [9.17, 15) is 4.79 Å². The van der Waals surface area contributed by atoms with Gasteiger partial charge in [0.2, 0.25) is 0 Å². The molecule has 2 aromatic rings. The van der Waals surface area contributed by atoms with E-state index in [0.29, 0.717) is 17.7 Å². The van der Waals surface area contributed by atoms with Crippen LogP contribution in [0.5, 0.6) is 5.75 Å². The largest absolute Gasteiger partial charge is 0.487 e. The molecule has 0 fully saturated rings. The predicted molar refractivity (Wildman–Crippen MR) is 61.9 cm³/mol. The summed E-state index contributed by atoms with van der Waals surface area (Å²) in [4.78, 5) is 10.7. The highest BCUT2D eigenvalue weighted by molar-refractivity contribution is 5.73. The summed E-state index contributed by atoms with van der Waals surface area (Å²) in [5, 5.41) is 7.49. The number of benzene rings is 1. The van der Waals surface area contributed by atoms with Crippen molar-refractivity contribution in [1.29, 1.82) is 0 Å². The van der Waals surface area contributed by atoms with Crippen LogP contribution >= 0.6 is 0 Å². The second kappa shape index (κ2) is 4.78. The van der Waals surface area contributed by atoms with Crippen LogP contribution in [0.4, 0.5) is 0 Å². The molecule has 5 nitrogen and oxygen atoms in total. The van der Waals surface area contributed by atoms with Crippen molar-refractivity contribution in [2.45, 2.75) is 13.5 Å². The zero-order valence-electron chi connectivity index (χ0n) is 9.75. The Hall–Kier alpha value is -2.17. The standard InChI is InChI=1S/C12H13N3O2/c1-9-3-5-10(6-4-9)17-8-12-11(7-16)13-14-15(12)2/h3-7H,8H2,1-2H3. The molecule has 1 heterocycles. The Morgan fingerprint density at radius 1 is 1.35 bits per heavy atom. The second-order valence-corrected chi connectivity index (χ2v) is 3.76. The Labute approximate surface area is 99.0 Å². The van der Waals surface area contributed by atoms with Crippen LogP contribution in [0.15, 0.2) is 24.3 Å². The molecule has 0 saturated heterocycles. The smallest absolute Gasteiger partial charge is 0.172 e. The van der Waals surface area contributed by atoms with Crippen LogP contribution < -0.4 is 4.74 Å². The summed E-state index contributed by atoms with van der Waals surface area (Å²) in [5.74, 6) is 0.758. The number of carbonyl (C=O) groups excluding carboxylic acids is 1. The van der Waals surface area contributed by atoms with E-state index >= 15 is 0 Å². The highest BCUT2D eigenvalue weighted by Gasteiger charge is 2.10. The van der Waals surface area contributed by atoms with Crippen molar-refractivity contribution >= 4 is 6.29 Å². The van der Waals surface area contributed by atoms with E-state index in [1.165, 1.54) is 10.2 Å². The Kier molecular flexibility index (Phi) is 3.18. The molecule has 0 aliphatic heterocycles. The molecule has 1 aromatic carbocycles. The predicted octanol–water partition coefficient (Wildman–Crippen LogP) is 1.52. The van der Waals surface area contributed by atoms with E-state index in [-0.39, 0.29) is 6.61 Å². The van der Waals surface area contributed by atoms with E-state index in [0.717, 1.165) is 5.75 Å². The molecule has 0 atom stereocenters. The van der Waals surface area contributed by atoms with Gasteiger partial charge in [0.15, 0.2) is 12.0 Å². The Morgan fingerprint density at radius 3 is 2.71 bits per heavy atom. The third-order valence-electron chi connectivity index (χ3n) is 2.48. The number of nitrogens with zero attached hydrogens (tertiary/aromatic N) is 3. The maximum atomic E-state index is 10.7. The van der Waals surface area contributed by atoms with Crippen LogP contribution in [0.1, 0.15) is 21.7 Å². The summed E-state index contributed by atoms with van der Waals surface area (Å²) in [6, 6.07) is 7.72. The highest BCUT2D eigenvalue weighted by Crippen LogP contribution is 2.14. The summed E-state index contributed by atoms with van der Waals surface area (Å²) in [6.07, 6.45) is 0.681. The number of rotatable bonds is 4. The molecule has 5 heteroatoms. The molecule has 88 valence electrons. The van der Waals surface area contributed by atoms with E-state index < -0.39 is 0 Å². The average Bonchev–Trinajstić information content (AvgIpc) is 2.69. The van der Waals surface area contributed by atoms with Gasteiger partial charge in [-0.3, -0.25) is 4.79 Å². The van der Waals surface area contributed by atoms with Crippen LogP contribution in [0.3, 0.4) is 0 Å². The number of carbonyl (C=O) groups is 1. The Morgan fingerprint density at radius 2 is 2.06 bits per heavy atom. The van der Waals surface area contributed by atoms with Crippen molar-refractivity contribution in [3.63, 3.8) is 0 Å². The first-order valence-corrected chi connectivity index (χ1v) is 5.24. The van der Waals surface area contributed by atoms with Gasteiger partial charge in [0.1, 0.15) is 18.1 Å². The molecule has 0 amide bonds. The van der Waals surface area contributed by atoms with Crippen LogP contribution in [-0.4, -0.2) is 21.3 Å². The summed E-state index contributed by atoms with van der Waals surface area (Å²) in [7, 11) is 1.73. The molecule has 17 heavy (non-hydrogen) atoms. The fourth-order valence-electron chi connectivity index (χ4n) is 1.44. The minimum absolute atomic E-state index is 0.278. The fourth-order valence-corrected chi connectivity index (χ4v) is 1.44. The number of hydrogen-bond acceptors (Lipinski definition) is 4. The Bertz CT molecular complexity index is 517. The fraction of sp³-hybridized carbons (Fsp3) is 0.250. The van der Waals surface area contributed by atoms with Gasteiger partial charge in [-0.25, -0.2) is 4.68 Å². The average molecular weight is 231 g/mol. The van der Waals surface area contributed by atoms with E-state index in [1.54, 1.807) is 7.05 Å². The minimum atomic E-state index is 0.278. The molecule has 0 bridgehead atoms. The van der Waals surface area contributed by atoms with E-state index in [2.05, 4.69) is 10.3 Å². The van der Waals surface area contributed by atoms with Gasteiger partial charge in [0.25, 0.3) is 0 Å². The summed E-state index contributed by atoms with van der Waals surface area (Å²) in [6.45, 7) is 2.29. The van der Waals surface area contributed by atoms with Gasteiger partial charge in [-0.1, -0.05) is 22.9 Å². The molecular formula is C12H13N3O2. The van der Waals surface area contributed by atoms with Gasteiger partial charge in [-0.15, -0.1) is 5.10 Å². The lowest BCUT2D eigenvalue weighted by Gasteiger charge is -2.06. The van der Waals surface area contributed by atoms with E-state index in [4.69, 9.17) is 4.74 Å². The molecule has 2 rings (SSSR count). The summed E-state index contributed by atoms with van der Waals surface area (Å²) < 4.78 is 7.11. The van der Waals surface area contributed by atoms with Gasteiger partial charge in [-0.2, -0.15) is 0 Å². The lowest BCUT2D eigenvalue weighted by molar-refractivity contribution is 0.111. The lowest BCUT2D eigenvalue weighted by Crippen LogP contribution is -2.05. The maximum Gasteiger partial charge on any atom is 0.172 e. The monoisotopic (exact) mass is 231 g/mol. The molecule has 0 spiro atoms. The summed E-state index contributed by atoms with van der Waals surface area (Å²) >= 11 is 0. The molecule has 0 aliphatic carbocycles. The first kappa shape index (κ1) is 11.3. The summed E-state index contributed by atoms with van der Waals surface area (Å²) in [5.41, 5.74) is 2.16. The zero-order valence-corrected chi connectivity index (χ0v) is 9.75. The molecule has 0 unspecified atom stereocenters. The highest BCUT2D eigenvalue weighted by atomic mass is 16.5. The Balaban J connectivity index is 2.09. The molecule has 0 N–H and O–H groups in total. The van der Waals surface area contributed by atoms with Gasteiger partial charge in [-0.05, 0) is 19.1 Å². The van der Waals surface area contributed by atoms with Gasteiger partial charge in [0, 0.05) is 7.05 Å². The van der Waals surface area contributed by atoms with Crippen LogP contribution in [0.2, 0.25) is 0 Å². The number of ether oxygens (including phenoxy) is 1. The molecule has 0 radical (unpaired) electrons. The van der Waals surface area contributed by atoms with Gasteiger partial charge >= 0.3 is 0 Å².